The van der Waals surface area contributed by atoms with Crippen LogP contribution in [-0.4, -0.2) is 167 Å². The number of tetrazole rings is 4. The van der Waals surface area contributed by atoms with Crippen LogP contribution < -0.4 is 26.6 Å². The summed E-state index contributed by atoms with van der Waals surface area (Å²) in [6, 6.07) is 77.2. The Hall–Kier alpha value is -16.7. The van der Waals surface area contributed by atoms with Crippen molar-refractivity contribution >= 4 is 117 Å². The van der Waals surface area contributed by atoms with Gasteiger partial charge in [-0.1, -0.05) is 215 Å². The van der Waals surface area contributed by atoms with Gasteiger partial charge in [-0.05, 0) is 297 Å². The summed E-state index contributed by atoms with van der Waals surface area (Å²) in [5, 5.41) is 66.0. The molecule has 0 spiro atoms. The number of hydrogen-bond donors (Lipinski definition) is 5. The predicted octanol–water partition coefficient (Wildman–Crippen LogP) is 16.6. The molecule has 36 heteroatoms. The standard InChI is InChI=1S/C31H28ClN5O2.C28H27ClN6O3.C27H24ClN5O2.C25H26ClN7O2/c1-21-7-9-24-10-8-23(16-26(24)15-21)18-30(38)28(17-22-5-3-2-4-6-22)34-31(39)14-11-25-19-27(32)12-13-29(25)37-20-33-35-36-37;1-19(36)31-24-13-10-21(11-14-24)28(38)32-25(16-20-6-3-2-4-7-20)27(37)9-5-8-22-17-23(29)12-15-26(22)35-18-30-33-34-35;1-19-6-5-9-21(14-19)16-26(34)24(15-20-7-3-2-4-8-20)30-27(35)13-10-22-17-23(28)11-12-25(22)33-18-29-31-32-33;1-17-6-8-18(9-7-17)25(35)28-22(15-21-12-13-32(2)29-21)24(34)5-3-4-19-14-20(26)10-11-23(19)33-16-27-30-31-33/h2-6,8,10-14,16,19-20,28H,1,7,9,15,17-18H2,(H,34,39);2-4,6-7,10-15,17-18,25H,5,8-9,16H2,1H3,(H,31,36)(H,32,38);2-14,17-18,24H,15-16H2,1H3,(H,30,35);6-14,16,22H,3-5,15H2,1-2H3,(H,28,35)/b14-11+;;13-10+;/t28-;25-;24-;22-/m0000/s1. The molecule has 1 aliphatic rings. The molecule has 0 fully saturated rings. The summed E-state index contributed by atoms with van der Waals surface area (Å²) in [6.45, 7) is 9.50. The van der Waals surface area contributed by atoms with E-state index in [2.05, 4.69) is 112 Å². The van der Waals surface area contributed by atoms with Crippen LogP contribution in [0.3, 0.4) is 0 Å². The first kappa shape index (κ1) is 106. The molecule has 5 amide bonds. The number of nitrogens with zero attached hydrogens (tertiary/aromatic N) is 18. The molecule has 5 heterocycles. The van der Waals surface area contributed by atoms with Gasteiger partial charge in [-0.3, -0.25) is 47.8 Å². The number of rotatable bonds is 39. The maximum absolute atomic E-state index is 13.5. The van der Waals surface area contributed by atoms with E-state index in [0.717, 1.165) is 86.4 Å². The quantitative estimate of drug-likeness (QED) is 0.0176. The van der Waals surface area contributed by atoms with Crippen molar-refractivity contribution in [3.63, 3.8) is 0 Å². The minimum atomic E-state index is -0.696. The maximum atomic E-state index is 13.5. The molecule has 32 nitrogen and oxygen atoms in total. The average molecular weight is 2050 g/mol. The van der Waals surface area contributed by atoms with Crippen LogP contribution in [0.4, 0.5) is 5.69 Å². The molecule has 17 rings (SSSR count). The largest absolute Gasteiger partial charge is 0.342 e. The Morgan fingerprint density at radius 2 is 0.803 bits per heavy atom. The lowest BCUT2D eigenvalue weighted by Gasteiger charge is -2.20. The van der Waals surface area contributed by atoms with Crippen molar-refractivity contribution < 1.29 is 43.2 Å². The number of aryl methyl sites for hydroxylation is 6. The Bertz CT molecular complexity index is 7280. The van der Waals surface area contributed by atoms with Crippen molar-refractivity contribution in [1.29, 1.82) is 0 Å². The van der Waals surface area contributed by atoms with E-state index >= 15 is 0 Å². The number of halogens is 4. The van der Waals surface area contributed by atoms with E-state index in [1.807, 2.05) is 191 Å². The van der Waals surface area contributed by atoms with E-state index in [4.69, 9.17) is 46.4 Å². The van der Waals surface area contributed by atoms with Crippen LogP contribution in [0, 0.1) is 13.8 Å². The van der Waals surface area contributed by atoms with Crippen LogP contribution >= 0.6 is 46.4 Å². The zero-order valence-electron chi connectivity index (χ0n) is 80.9. The molecule has 4 atom stereocenters. The number of nitrogens with one attached hydrogen (secondary N) is 5. The highest BCUT2D eigenvalue weighted by Crippen LogP contribution is 2.30. The minimum absolute atomic E-state index is 0.0488. The Labute approximate surface area is 868 Å². The first-order valence-electron chi connectivity index (χ1n) is 47.4. The number of Topliss-reactive ketones (excluding diaryl/α,β-unsaturated/α-hetero) is 4. The highest BCUT2D eigenvalue weighted by atomic mass is 35.5. The van der Waals surface area contributed by atoms with Crippen molar-refractivity contribution in [1.82, 2.24) is 112 Å². The number of benzene rings is 11. The molecule has 0 saturated carbocycles. The second-order valence-corrected chi connectivity index (χ2v) is 36.9. The molecule has 746 valence electrons. The number of fused-ring (bicyclic) bond motifs is 1. The van der Waals surface area contributed by atoms with Crippen molar-refractivity contribution in [2.75, 3.05) is 5.32 Å². The van der Waals surface area contributed by atoms with Gasteiger partial charge in [0.1, 0.15) is 25.3 Å². The van der Waals surface area contributed by atoms with Gasteiger partial charge < -0.3 is 26.6 Å². The van der Waals surface area contributed by atoms with Gasteiger partial charge in [0.05, 0.1) is 52.6 Å². The van der Waals surface area contributed by atoms with Gasteiger partial charge in [0.25, 0.3) is 11.8 Å². The summed E-state index contributed by atoms with van der Waals surface area (Å²) >= 11 is 24.8. The van der Waals surface area contributed by atoms with Crippen LogP contribution in [0.15, 0.2) is 317 Å². The summed E-state index contributed by atoms with van der Waals surface area (Å²) in [5.41, 5.74) is 19.0. The Balaban J connectivity index is 0.000000155. The highest BCUT2D eigenvalue weighted by Gasteiger charge is 2.28. The average Bonchev–Trinajstić information content (AvgIpc) is 1.13. The number of amides is 5. The SMILES string of the molecule is C=C1CCc2ccc(CC(=O)[C@H](Cc3ccccc3)NC(=O)/C=C/c3cc(Cl)ccc3-n3cnnn3)cc2C1.CC(=O)Nc1ccc(C(=O)N[C@@H](Cc2ccccc2)C(=O)CCCc2cc(Cl)ccc2-n2cnnn2)cc1.Cc1ccc(C(=O)N[C@@H](Cc2ccn(C)n2)C(=O)CCCc2cc(Cl)ccc2-n2cnnn2)cc1.Cc1cccc(CC(=O)[C@H](Cc2ccccc2)NC(=O)/C=C/c2cc(Cl)ccc2-n2cnnn2)c1. The molecule has 0 aliphatic heterocycles. The monoisotopic (exact) mass is 2040 g/mol. The molecule has 147 heavy (non-hydrogen) atoms. The molecular formula is C111H105Cl4N23O9. The topological polar surface area (TPSA) is 406 Å². The second-order valence-electron chi connectivity index (χ2n) is 35.1. The zero-order valence-corrected chi connectivity index (χ0v) is 83.9. The first-order valence-corrected chi connectivity index (χ1v) is 48.9. The molecule has 0 radical (unpaired) electrons. The molecule has 11 aromatic carbocycles. The van der Waals surface area contributed by atoms with Crippen LogP contribution in [0.2, 0.25) is 20.1 Å². The number of aromatic nitrogens is 18. The van der Waals surface area contributed by atoms with E-state index in [9.17, 15) is 43.2 Å². The van der Waals surface area contributed by atoms with E-state index in [-0.39, 0.29) is 78.4 Å². The number of carbonyl (C=O) groups excluding carboxylic acids is 9. The summed E-state index contributed by atoms with van der Waals surface area (Å²) in [7, 11) is 1.82. The molecule has 1 aliphatic carbocycles. The van der Waals surface area contributed by atoms with Gasteiger partial charge in [0.15, 0.2) is 23.1 Å². The summed E-state index contributed by atoms with van der Waals surface area (Å²) in [6.07, 6.45) is 21.5. The van der Waals surface area contributed by atoms with Crippen molar-refractivity contribution in [3.8, 4) is 22.7 Å². The Morgan fingerprint density at radius 3 is 1.22 bits per heavy atom. The van der Waals surface area contributed by atoms with Crippen molar-refractivity contribution in [2.24, 2.45) is 7.05 Å². The number of anilines is 1. The van der Waals surface area contributed by atoms with E-state index in [1.165, 1.54) is 70.4 Å². The third-order valence-electron chi connectivity index (χ3n) is 23.9. The van der Waals surface area contributed by atoms with Crippen molar-refractivity contribution in [3.05, 3.63) is 426 Å². The van der Waals surface area contributed by atoms with Crippen molar-refractivity contribution in [2.45, 2.75) is 141 Å². The third kappa shape index (κ3) is 32.4. The lowest BCUT2D eigenvalue weighted by molar-refractivity contribution is -0.125. The predicted molar refractivity (Wildman–Crippen MR) is 562 cm³/mol. The minimum Gasteiger partial charge on any atom is -0.342 e. The highest BCUT2D eigenvalue weighted by molar-refractivity contribution is 6.32. The zero-order chi connectivity index (χ0) is 104. The van der Waals surface area contributed by atoms with Crippen LogP contribution in [0.5, 0.6) is 0 Å². The van der Waals surface area contributed by atoms with Gasteiger partial charge in [-0.15, -0.1) is 20.4 Å². The van der Waals surface area contributed by atoms with Gasteiger partial charge in [-0.2, -0.15) is 14.5 Å². The molecule has 0 saturated heterocycles. The Kier molecular flexibility index (Phi) is 38.3. The van der Waals surface area contributed by atoms with Crippen LogP contribution in [0.1, 0.15) is 138 Å². The van der Waals surface area contributed by atoms with Gasteiger partial charge >= 0.3 is 0 Å². The molecule has 5 aromatic heterocycles. The molecule has 16 aromatic rings. The number of carbonyl (C=O) groups is 9. The molecular weight excluding hydrogens is 1940 g/mol. The number of allylic oxidation sites excluding steroid dienone is 1. The first-order chi connectivity index (χ1) is 71.2. The van der Waals surface area contributed by atoms with E-state index < -0.39 is 24.2 Å². The fourth-order valence-corrected chi connectivity index (χ4v) is 17.3. The molecule has 5 N–H and O–H groups in total. The smallest absolute Gasteiger partial charge is 0.251 e. The Morgan fingerprint density at radius 1 is 0.395 bits per heavy atom. The summed E-state index contributed by atoms with van der Waals surface area (Å²) in [4.78, 5) is 116. The van der Waals surface area contributed by atoms with Gasteiger partial charge in [0, 0.05) is 112 Å². The summed E-state index contributed by atoms with van der Waals surface area (Å²) < 4.78 is 7.78. The number of hydrogen-bond acceptors (Lipinski definition) is 22. The third-order valence-corrected chi connectivity index (χ3v) is 24.9. The lowest BCUT2D eigenvalue weighted by atomic mass is 9.86. The maximum Gasteiger partial charge on any atom is 0.251 e. The van der Waals surface area contributed by atoms with E-state index in [0.29, 0.717) is 111 Å². The van der Waals surface area contributed by atoms with E-state index in [1.54, 1.807) is 111 Å². The normalized spacial score (nSPS) is 12.3. The fourth-order valence-electron chi connectivity index (χ4n) is 16.5. The molecule has 0 unspecified atom stereocenters. The second kappa shape index (κ2) is 53.1. The lowest BCUT2D eigenvalue weighted by Crippen LogP contribution is -2.42. The van der Waals surface area contributed by atoms with Crippen LogP contribution in [-0.2, 0) is 105 Å². The van der Waals surface area contributed by atoms with Gasteiger partial charge in [-0.25, -0.2) is 9.36 Å². The number of ketones is 4. The molecule has 0 bridgehead atoms. The summed E-state index contributed by atoms with van der Waals surface area (Å²) in [5.74, 6) is -1.83. The fraction of sp³-hybridized carbons (Fsp3) is 0.207. The van der Waals surface area contributed by atoms with Crippen LogP contribution in [0.25, 0.3) is 34.9 Å². The van der Waals surface area contributed by atoms with Gasteiger partial charge in [0.2, 0.25) is 17.7 Å².